The Morgan fingerprint density at radius 1 is 1.08 bits per heavy atom. The number of nitrogens with zero attached hydrogens (tertiary/aromatic N) is 4. The summed E-state index contributed by atoms with van der Waals surface area (Å²) >= 11 is 3.20. The molecule has 0 fully saturated rings. The van der Waals surface area contributed by atoms with Gasteiger partial charge in [0.05, 0.1) is 19.1 Å². The summed E-state index contributed by atoms with van der Waals surface area (Å²) in [5.41, 5.74) is 9.88. The average molecular weight is 527 g/mol. The van der Waals surface area contributed by atoms with Crippen molar-refractivity contribution >= 4 is 40.5 Å². The molecule has 36 heavy (non-hydrogen) atoms. The first kappa shape index (κ1) is 27.1. The molecule has 0 saturated carbocycles. The van der Waals surface area contributed by atoms with Crippen molar-refractivity contribution in [3.63, 3.8) is 0 Å². The van der Waals surface area contributed by atoms with E-state index in [1.165, 1.54) is 0 Å². The molecule has 0 spiro atoms. The molecule has 0 aliphatic rings. The Balaban J connectivity index is 1.53. The van der Waals surface area contributed by atoms with Gasteiger partial charge in [-0.15, -0.1) is 22.7 Å². The molecule has 3 aromatic rings. The number of thiophene rings is 2. The molecule has 0 bridgehead atoms. The van der Waals surface area contributed by atoms with Crippen LogP contribution < -0.4 is 10.6 Å². The topological polar surface area (TPSA) is 119 Å². The third-order valence-corrected chi connectivity index (χ3v) is 7.03. The van der Waals surface area contributed by atoms with E-state index in [-0.39, 0.29) is 18.7 Å². The molecule has 190 valence electrons. The van der Waals surface area contributed by atoms with E-state index in [9.17, 15) is 9.59 Å². The first-order valence-electron chi connectivity index (χ1n) is 11.7. The summed E-state index contributed by atoms with van der Waals surface area (Å²) in [6, 6.07) is 14.3. The first-order chi connectivity index (χ1) is 17.6. The second-order valence-electron chi connectivity index (χ2n) is 8.11. The standard InChI is InChI=1S/C25H30N6O3S2/c1-2-3-6-21(28-24(32)27-15-19-9-11-20(12-10-19)29-30-26)18-34-25(33)31(16-22-7-4-13-35-22)17-23-8-5-14-36-23/h4-5,7-14,21H,2-3,6,15-18H2,1H3,(H2,27,28,32). The first-order valence-corrected chi connectivity index (χ1v) is 13.5. The van der Waals surface area contributed by atoms with Crippen molar-refractivity contribution in [2.24, 2.45) is 5.11 Å². The lowest BCUT2D eigenvalue weighted by Gasteiger charge is -2.24. The molecular formula is C25H30N6O3S2. The molecule has 1 unspecified atom stereocenters. The Kier molecular flexibility index (Phi) is 11.1. The van der Waals surface area contributed by atoms with Crippen molar-refractivity contribution in [1.82, 2.24) is 15.5 Å². The van der Waals surface area contributed by atoms with Gasteiger partial charge in [0.15, 0.2) is 0 Å². The molecule has 9 nitrogen and oxygen atoms in total. The van der Waals surface area contributed by atoms with Crippen LogP contribution >= 0.6 is 22.7 Å². The maximum atomic E-state index is 13.0. The van der Waals surface area contributed by atoms with E-state index in [0.29, 0.717) is 31.7 Å². The number of carbonyl (C=O) groups excluding carboxylic acids is 2. The van der Waals surface area contributed by atoms with E-state index in [2.05, 4.69) is 27.6 Å². The molecule has 0 aliphatic carbocycles. The summed E-state index contributed by atoms with van der Waals surface area (Å²) in [4.78, 5) is 32.1. The summed E-state index contributed by atoms with van der Waals surface area (Å²) in [6.07, 6.45) is 2.17. The molecule has 2 aromatic heterocycles. The Hall–Kier alpha value is -3.53. The van der Waals surface area contributed by atoms with Crippen LogP contribution in [0.25, 0.3) is 10.4 Å². The zero-order chi connectivity index (χ0) is 25.6. The third-order valence-electron chi connectivity index (χ3n) is 5.31. The van der Waals surface area contributed by atoms with Crippen molar-refractivity contribution in [1.29, 1.82) is 0 Å². The van der Waals surface area contributed by atoms with E-state index in [0.717, 1.165) is 28.2 Å². The number of nitrogens with one attached hydrogen (secondary N) is 2. The van der Waals surface area contributed by atoms with Crippen LogP contribution in [0, 0.1) is 0 Å². The van der Waals surface area contributed by atoms with Crippen LogP contribution in [0.2, 0.25) is 0 Å². The minimum atomic E-state index is -0.402. The highest BCUT2D eigenvalue weighted by Crippen LogP contribution is 2.18. The molecule has 0 saturated heterocycles. The number of ether oxygens (including phenoxy) is 1. The van der Waals surface area contributed by atoms with Crippen LogP contribution in [0.15, 0.2) is 64.4 Å². The van der Waals surface area contributed by atoms with E-state index in [1.54, 1.807) is 51.8 Å². The number of rotatable bonds is 13. The SMILES string of the molecule is CCCCC(COC(=O)N(Cc1cccs1)Cc1cccs1)NC(=O)NCc1ccc(N=[N+]=[N-])cc1. The summed E-state index contributed by atoms with van der Waals surface area (Å²) in [5.74, 6) is 0. The highest BCUT2D eigenvalue weighted by Gasteiger charge is 2.20. The van der Waals surface area contributed by atoms with Crippen LogP contribution in [0.3, 0.4) is 0 Å². The second kappa shape index (κ2) is 14.8. The summed E-state index contributed by atoms with van der Waals surface area (Å²) in [6.45, 7) is 3.43. The maximum absolute atomic E-state index is 13.0. The van der Waals surface area contributed by atoms with Gasteiger partial charge in [-0.05, 0) is 40.4 Å². The van der Waals surface area contributed by atoms with Gasteiger partial charge in [0.25, 0.3) is 0 Å². The Morgan fingerprint density at radius 2 is 1.75 bits per heavy atom. The summed E-state index contributed by atoms with van der Waals surface area (Å²) in [5, 5.41) is 13.3. The second-order valence-corrected chi connectivity index (χ2v) is 10.2. The fourth-order valence-corrected chi connectivity index (χ4v) is 4.87. The third kappa shape index (κ3) is 9.26. The number of unbranched alkanes of at least 4 members (excludes halogenated alkanes) is 1. The van der Waals surface area contributed by atoms with Crippen LogP contribution in [0.5, 0.6) is 0 Å². The zero-order valence-electron chi connectivity index (χ0n) is 20.1. The molecule has 3 rings (SSSR count). The minimum absolute atomic E-state index is 0.0957. The van der Waals surface area contributed by atoms with Crippen molar-refractivity contribution < 1.29 is 14.3 Å². The summed E-state index contributed by atoms with van der Waals surface area (Å²) < 4.78 is 5.67. The monoisotopic (exact) mass is 526 g/mol. The molecule has 2 heterocycles. The fraction of sp³-hybridized carbons (Fsp3) is 0.360. The molecule has 1 atom stereocenters. The zero-order valence-corrected chi connectivity index (χ0v) is 21.8. The number of benzene rings is 1. The lowest BCUT2D eigenvalue weighted by molar-refractivity contribution is 0.0880. The largest absolute Gasteiger partial charge is 0.447 e. The summed E-state index contributed by atoms with van der Waals surface area (Å²) in [7, 11) is 0. The quantitative estimate of drug-likeness (QED) is 0.142. The van der Waals surface area contributed by atoms with E-state index >= 15 is 0 Å². The lowest BCUT2D eigenvalue weighted by Crippen LogP contribution is -2.45. The van der Waals surface area contributed by atoms with Crippen LogP contribution in [0.1, 0.15) is 41.5 Å². The van der Waals surface area contributed by atoms with Gasteiger partial charge < -0.3 is 15.4 Å². The van der Waals surface area contributed by atoms with Gasteiger partial charge in [-0.25, -0.2) is 9.59 Å². The predicted octanol–water partition coefficient (Wildman–Crippen LogP) is 6.95. The van der Waals surface area contributed by atoms with E-state index in [4.69, 9.17) is 10.3 Å². The van der Waals surface area contributed by atoms with Gasteiger partial charge in [0.1, 0.15) is 6.61 Å². The van der Waals surface area contributed by atoms with Gasteiger partial charge in [-0.2, -0.15) is 0 Å². The number of amides is 3. The molecule has 0 radical (unpaired) electrons. The molecule has 1 aromatic carbocycles. The average Bonchev–Trinajstić information content (AvgIpc) is 3.59. The van der Waals surface area contributed by atoms with Crippen molar-refractivity contribution in [2.75, 3.05) is 6.61 Å². The number of azide groups is 1. The Morgan fingerprint density at radius 3 is 2.31 bits per heavy atom. The highest BCUT2D eigenvalue weighted by molar-refractivity contribution is 7.10. The smallest absolute Gasteiger partial charge is 0.410 e. The molecule has 0 aliphatic heterocycles. The van der Waals surface area contributed by atoms with E-state index in [1.807, 2.05) is 35.0 Å². The van der Waals surface area contributed by atoms with Crippen molar-refractivity contribution in [3.05, 3.63) is 85.1 Å². The van der Waals surface area contributed by atoms with Crippen LogP contribution in [-0.4, -0.2) is 29.7 Å². The van der Waals surface area contributed by atoms with Gasteiger partial charge in [-0.3, -0.25) is 4.90 Å². The maximum Gasteiger partial charge on any atom is 0.410 e. The fourth-order valence-electron chi connectivity index (χ4n) is 3.43. The van der Waals surface area contributed by atoms with Gasteiger partial charge in [-0.1, -0.05) is 61.3 Å². The van der Waals surface area contributed by atoms with Gasteiger partial charge in [0, 0.05) is 26.9 Å². The van der Waals surface area contributed by atoms with Crippen LogP contribution in [0.4, 0.5) is 15.3 Å². The highest BCUT2D eigenvalue weighted by atomic mass is 32.1. The van der Waals surface area contributed by atoms with Gasteiger partial charge >= 0.3 is 12.1 Å². The number of carbonyl (C=O) groups is 2. The predicted molar refractivity (Wildman–Crippen MR) is 143 cm³/mol. The van der Waals surface area contributed by atoms with Crippen molar-refractivity contribution in [2.45, 2.75) is 51.9 Å². The lowest BCUT2D eigenvalue weighted by atomic mass is 10.1. The normalized spacial score (nSPS) is 11.2. The van der Waals surface area contributed by atoms with Gasteiger partial charge in [0.2, 0.25) is 0 Å². The molecule has 2 N–H and O–H groups in total. The molecule has 3 amide bonds. The Labute approximate surface area is 218 Å². The van der Waals surface area contributed by atoms with Crippen molar-refractivity contribution in [3.8, 4) is 0 Å². The molecule has 11 heteroatoms. The number of hydrogen-bond donors (Lipinski definition) is 2. The molecular weight excluding hydrogens is 496 g/mol. The van der Waals surface area contributed by atoms with Crippen LogP contribution in [-0.2, 0) is 24.4 Å². The Bertz CT molecular complexity index is 1080. The number of urea groups is 1. The minimum Gasteiger partial charge on any atom is -0.447 e. The van der Waals surface area contributed by atoms with E-state index < -0.39 is 6.09 Å². The number of hydrogen-bond acceptors (Lipinski definition) is 6.